The molecule has 1 aliphatic heterocycles. The van der Waals surface area contributed by atoms with Gasteiger partial charge in [0, 0.05) is 25.7 Å². The number of hydrogen-bond acceptors (Lipinski definition) is 4. The van der Waals surface area contributed by atoms with Crippen LogP contribution in [0.1, 0.15) is 20.3 Å². The van der Waals surface area contributed by atoms with Crippen molar-refractivity contribution in [2.45, 2.75) is 31.9 Å². The standard InChI is InChI=1S/C11H24N2O2/c1-9-4-5-13(6-10(9)15-3)7-11(2,12)8-14/h9-10,14H,4-8,12H2,1-3H3. The van der Waals surface area contributed by atoms with Crippen LogP contribution in [0.15, 0.2) is 0 Å². The zero-order valence-corrected chi connectivity index (χ0v) is 10.1. The normalized spacial score (nSPS) is 32.6. The molecule has 1 aliphatic rings. The Hall–Kier alpha value is -0.160. The van der Waals surface area contributed by atoms with E-state index in [1.807, 2.05) is 6.92 Å². The fraction of sp³-hybridized carbons (Fsp3) is 1.00. The highest BCUT2D eigenvalue weighted by atomic mass is 16.5. The molecule has 0 spiro atoms. The summed E-state index contributed by atoms with van der Waals surface area (Å²) in [7, 11) is 1.76. The molecule has 1 fully saturated rings. The molecule has 0 radical (unpaired) electrons. The Kier molecular flexibility index (Phi) is 4.52. The Morgan fingerprint density at radius 2 is 2.27 bits per heavy atom. The first-order chi connectivity index (χ1) is 6.98. The van der Waals surface area contributed by atoms with Crippen LogP contribution < -0.4 is 5.73 Å². The van der Waals surface area contributed by atoms with Crippen LogP contribution in [0.2, 0.25) is 0 Å². The molecule has 1 saturated heterocycles. The van der Waals surface area contributed by atoms with Gasteiger partial charge < -0.3 is 15.6 Å². The molecule has 3 unspecified atom stereocenters. The topological polar surface area (TPSA) is 58.7 Å². The van der Waals surface area contributed by atoms with Crippen LogP contribution in [0.3, 0.4) is 0 Å². The van der Waals surface area contributed by atoms with Crippen LogP contribution in [-0.4, -0.2) is 55.0 Å². The van der Waals surface area contributed by atoms with Crippen molar-refractivity contribution in [3.05, 3.63) is 0 Å². The number of rotatable bonds is 4. The number of aliphatic hydroxyl groups is 1. The van der Waals surface area contributed by atoms with Crippen molar-refractivity contribution in [3.63, 3.8) is 0 Å². The average Bonchev–Trinajstić information content (AvgIpc) is 2.20. The van der Waals surface area contributed by atoms with E-state index in [0.29, 0.717) is 12.0 Å². The molecular weight excluding hydrogens is 192 g/mol. The van der Waals surface area contributed by atoms with Crippen molar-refractivity contribution in [1.82, 2.24) is 4.90 Å². The predicted octanol–water partition coefficient (Wildman–Crippen LogP) is 0.0529. The number of methoxy groups -OCH3 is 1. The molecular formula is C11H24N2O2. The molecule has 1 rings (SSSR count). The summed E-state index contributed by atoms with van der Waals surface area (Å²) in [6.07, 6.45) is 1.44. The molecule has 0 amide bonds. The monoisotopic (exact) mass is 216 g/mol. The van der Waals surface area contributed by atoms with E-state index in [9.17, 15) is 0 Å². The quantitative estimate of drug-likeness (QED) is 0.697. The maximum absolute atomic E-state index is 9.12. The molecule has 3 atom stereocenters. The molecule has 4 nitrogen and oxygen atoms in total. The second kappa shape index (κ2) is 5.25. The minimum Gasteiger partial charge on any atom is -0.394 e. The van der Waals surface area contributed by atoms with E-state index in [1.54, 1.807) is 7.11 Å². The first kappa shape index (κ1) is 12.9. The maximum atomic E-state index is 9.12. The van der Waals surface area contributed by atoms with E-state index in [-0.39, 0.29) is 6.61 Å². The zero-order valence-electron chi connectivity index (χ0n) is 10.1. The van der Waals surface area contributed by atoms with Crippen LogP contribution in [0, 0.1) is 5.92 Å². The average molecular weight is 216 g/mol. The molecule has 0 aliphatic carbocycles. The first-order valence-electron chi connectivity index (χ1n) is 5.63. The fourth-order valence-electron chi connectivity index (χ4n) is 2.11. The molecule has 0 aromatic carbocycles. The molecule has 0 saturated carbocycles. The van der Waals surface area contributed by atoms with Gasteiger partial charge in [-0.2, -0.15) is 0 Å². The van der Waals surface area contributed by atoms with Crippen molar-refractivity contribution >= 4 is 0 Å². The lowest BCUT2D eigenvalue weighted by Gasteiger charge is -2.39. The summed E-state index contributed by atoms with van der Waals surface area (Å²) in [6.45, 7) is 6.83. The molecule has 0 bridgehead atoms. The summed E-state index contributed by atoms with van der Waals surface area (Å²) in [4.78, 5) is 2.28. The largest absolute Gasteiger partial charge is 0.394 e. The number of nitrogens with two attached hydrogens (primary N) is 1. The molecule has 0 aromatic rings. The van der Waals surface area contributed by atoms with Gasteiger partial charge in [-0.1, -0.05) is 6.92 Å². The van der Waals surface area contributed by atoms with Gasteiger partial charge in [0.2, 0.25) is 0 Å². The minimum atomic E-state index is -0.501. The van der Waals surface area contributed by atoms with Gasteiger partial charge in [-0.3, -0.25) is 4.90 Å². The Morgan fingerprint density at radius 1 is 1.60 bits per heavy atom. The zero-order chi connectivity index (χ0) is 11.5. The lowest BCUT2D eigenvalue weighted by Crippen LogP contribution is -2.54. The van der Waals surface area contributed by atoms with Gasteiger partial charge in [-0.25, -0.2) is 0 Å². The molecule has 1 heterocycles. The number of likely N-dealkylation sites (tertiary alicyclic amines) is 1. The predicted molar refractivity (Wildman–Crippen MR) is 60.7 cm³/mol. The van der Waals surface area contributed by atoms with E-state index in [4.69, 9.17) is 15.6 Å². The van der Waals surface area contributed by atoms with Gasteiger partial charge >= 0.3 is 0 Å². The molecule has 4 heteroatoms. The van der Waals surface area contributed by atoms with Crippen molar-refractivity contribution in [3.8, 4) is 0 Å². The first-order valence-corrected chi connectivity index (χ1v) is 5.63. The number of aliphatic hydroxyl groups excluding tert-OH is 1. The van der Waals surface area contributed by atoms with Gasteiger partial charge in [0.05, 0.1) is 12.7 Å². The summed E-state index contributed by atoms with van der Waals surface area (Å²) in [5, 5.41) is 9.12. The number of piperidine rings is 1. The van der Waals surface area contributed by atoms with Crippen molar-refractivity contribution in [2.24, 2.45) is 11.7 Å². The van der Waals surface area contributed by atoms with E-state index < -0.39 is 5.54 Å². The van der Waals surface area contributed by atoms with Crippen LogP contribution in [-0.2, 0) is 4.74 Å². The number of nitrogens with zero attached hydrogens (tertiary/aromatic N) is 1. The van der Waals surface area contributed by atoms with E-state index >= 15 is 0 Å². The van der Waals surface area contributed by atoms with Crippen LogP contribution >= 0.6 is 0 Å². The minimum absolute atomic E-state index is 0.0245. The van der Waals surface area contributed by atoms with E-state index in [0.717, 1.165) is 26.1 Å². The second-order valence-corrected chi connectivity index (χ2v) is 5.09. The van der Waals surface area contributed by atoms with Crippen molar-refractivity contribution in [2.75, 3.05) is 33.4 Å². The summed E-state index contributed by atoms with van der Waals surface area (Å²) < 4.78 is 5.44. The Bertz CT molecular complexity index is 197. The number of ether oxygens (including phenoxy) is 1. The lowest BCUT2D eigenvalue weighted by atomic mass is 9.94. The third kappa shape index (κ3) is 3.72. The molecule has 0 aromatic heterocycles. The summed E-state index contributed by atoms with van der Waals surface area (Å²) >= 11 is 0. The molecule has 15 heavy (non-hydrogen) atoms. The van der Waals surface area contributed by atoms with Gasteiger partial charge in [0.15, 0.2) is 0 Å². The summed E-state index contributed by atoms with van der Waals surface area (Å²) in [5.74, 6) is 0.615. The van der Waals surface area contributed by atoms with Gasteiger partial charge in [0.25, 0.3) is 0 Å². The van der Waals surface area contributed by atoms with Crippen LogP contribution in [0.5, 0.6) is 0 Å². The second-order valence-electron chi connectivity index (χ2n) is 5.09. The number of hydrogen-bond donors (Lipinski definition) is 2. The fourth-order valence-corrected chi connectivity index (χ4v) is 2.11. The van der Waals surface area contributed by atoms with E-state index in [2.05, 4.69) is 11.8 Å². The van der Waals surface area contributed by atoms with Crippen LogP contribution in [0.4, 0.5) is 0 Å². The smallest absolute Gasteiger partial charge is 0.0724 e. The van der Waals surface area contributed by atoms with Gasteiger partial charge in [-0.05, 0) is 25.8 Å². The third-order valence-corrected chi connectivity index (χ3v) is 3.22. The third-order valence-electron chi connectivity index (χ3n) is 3.22. The molecule has 90 valence electrons. The summed E-state index contributed by atoms with van der Waals surface area (Å²) in [6, 6.07) is 0. The Morgan fingerprint density at radius 3 is 2.80 bits per heavy atom. The Balaban J connectivity index is 2.45. The maximum Gasteiger partial charge on any atom is 0.0724 e. The highest BCUT2D eigenvalue weighted by Gasteiger charge is 2.29. The lowest BCUT2D eigenvalue weighted by molar-refractivity contribution is -0.0132. The Labute approximate surface area is 92.4 Å². The van der Waals surface area contributed by atoms with E-state index in [1.165, 1.54) is 0 Å². The van der Waals surface area contributed by atoms with Crippen molar-refractivity contribution < 1.29 is 9.84 Å². The van der Waals surface area contributed by atoms with Crippen molar-refractivity contribution in [1.29, 1.82) is 0 Å². The van der Waals surface area contributed by atoms with Gasteiger partial charge in [-0.15, -0.1) is 0 Å². The van der Waals surface area contributed by atoms with Gasteiger partial charge in [0.1, 0.15) is 0 Å². The SMILES string of the molecule is COC1CN(CC(C)(N)CO)CCC1C. The molecule has 3 N–H and O–H groups in total. The highest BCUT2D eigenvalue weighted by molar-refractivity contribution is 4.86. The van der Waals surface area contributed by atoms with Crippen LogP contribution in [0.25, 0.3) is 0 Å². The highest BCUT2D eigenvalue weighted by Crippen LogP contribution is 2.20. The summed E-state index contributed by atoms with van der Waals surface area (Å²) in [5.41, 5.74) is 5.43.